The lowest BCUT2D eigenvalue weighted by molar-refractivity contribution is 0.292. The molecule has 0 radical (unpaired) electrons. The molecule has 1 aromatic carbocycles. The first-order valence-corrected chi connectivity index (χ1v) is 6.20. The van der Waals surface area contributed by atoms with Gasteiger partial charge in [0, 0.05) is 0 Å². The first-order valence-electron chi connectivity index (χ1n) is 6.20. The molecule has 1 aromatic heterocycles. The number of nitrogens with two attached hydrogens (primary N) is 1. The Kier molecular flexibility index (Phi) is 4.77. The van der Waals surface area contributed by atoms with Gasteiger partial charge in [-0.05, 0) is 18.6 Å². The third-order valence-corrected chi connectivity index (χ3v) is 2.38. The molecule has 7 nitrogen and oxygen atoms in total. The van der Waals surface area contributed by atoms with Crippen LogP contribution in [0, 0.1) is 11.6 Å². The van der Waals surface area contributed by atoms with Crippen LogP contribution in [-0.4, -0.2) is 21.6 Å². The Morgan fingerprint density at radius 3 is 2.67 bits per heavy atom. The Balaban J connectivity index is 2.28. The summed E-state index contributed by atoms with van der Waals surface area (Å²) in [5.41, 5.74) is 2.14. The number of nitrogen functional groups attached to an aromatic ring is 1. The number of hydrogen-bond acceptors (Lipinski definition) is 7. The van der Waals surface area contributed by atoms with Crippen LogP contribution in [0.3, 0.4) is 0 Å². The van der Waals surface area contributed by atoms with Crippen molar-refractivity contribution in [1.82, 2.24) is 15.0 Å². The Bertz CT molecular complexity index is 625. The summed E-state index contributed by atoms with van der Waals surface area (Å²) < 4.78 is 32.0. The fraction of sp³-hybridized carbons (Fsp3) is 0.250. The molecule has 0 amide bonds. The van der Waals surface area contributed by atoms with Gasteiger partial charge in [0.15, 0.2) is 11.6 Å². The maximum Gasteiger partial charge on any atom is 0.323 e. The van der Waals surface area contributed by atoms with Crippen LogP contribution in [0.2, 0.25) is 0 Å². The molecule has 0 fully saturated rings. The molecule has 4 N–H and O–H groups in total. The highest BCUT2D eigenvalue weighted by Crippen LogP contribution is 2.21. The van der Waals surface area contributed by atoms with E-state index in [0.29, 0.717) is 6.61 Å². The zero-order chi connectivity index (χ0) is 15.2. The monoisotopic (exact) mass is 296 g/mol. The number of halogens is 2. The summed E-state index contributed by atoms with van der Waals surface area (Å²) in [6, 6.07) is 3.75. The van der Waals surface area contributed by atoms with Crippen LogP contribution in [0.4, 0.5) is 26.4 Å². The van der Waals surface area contributed by atoms with E-state index >= 15 is 0 Å². The van der Waals surface area contributed by atoms with Crippen LogP contribution in [0.15, 0.2) is 18.2 Å². The van der Waals surface area contributed by atoms with E-state index in [-0.39, 0.29) is 23.6 Å². The Morgan fingerprint density at radius 2 is 1.95 bits per heavy atom. The molecule has 0 aliphatic carbocycles. The van der Waals surface area contributed by atoms with Gasteiger partial charge in [-0.25, -0.2) is 14.6 Å². The summed E-state index contributed by atoms with van der Waals surface area (Å²) in [6.45, 7) is 2.33. The van der Waals surface area contributed by atoms with Gasteiger partial charge in [-0.1, -0.05) is 13.0 Å². The Hall–Kier alpha value is -2.55. The summed E-state index contributed by atoms with van der Waals surface area (Å²) in [4.78, 5) is 11.7. The van der Waals surface area contributed by atoms with Gasteiger partial charge in [-0.3, -0.25) is 5.43 Å². The van der Waals surface area contributed by atoms with Gasteiger partial charge < -0.3 is 10.1 Å². The van der Waals surface area contributed by atoms with Crippen molar-refractivity contribution in [2.45, 2.75) is 13.3 Å². The van der Waals surface area contributed by atoms with Crippen LogP contribution in [0.25, 0.3) is 0 Å². The van der Waals surface area contributed by atoms with E-state index in [1.54, 1.807) is 0 Å². The Morgan fingerprint density at radius 1 is 1.19 bits per heavy atom. The van der Waals surface area contributed by atoms with Gasteiger partial charge in [0.05, 0.1) is 12.3 Å². The van der Waals surface area contributed by atoms with Crippen molar-refractivity contribution in [2.75, 3.05) is 17.3 Å². The van der Waals surface area contributed by atoms with Crippen molar-refractivity contribution in [2.24, 2.45) is 5.84 Å². The summed E-state index contributed by atoms with van der Waals surface area (Å²) in [6.07, 6.45) is 0.762. The average molecular weight is 296 g/mol. The highest BCUT2D eigenvalue weighted by atomic mass is 19.2. The van der Waals surface area contributed by atoms with E-state index in [2.05, 4.69) is 25.7 Å². The lowest BCUT2D eigenvalue weighted by atomic mass is 10.3. The second kappa shape index (κ2) is 6.75. The molecule has 9 heteroatoms. The minimum Gasteiger partial charge on any atom is -0.463 e. The van der Waals surface area contributed by atoms with Crippen molar-refractivity contribution in [3.63, 3.8) is 0 Å². The summed E-state index contributed by atoms with van der Waals surface area (Å²) in [7, 11) is 0. The second-order valence-electron chi connectivity index (χ2n) is 3.98. The predicted molar refractivity (Wildman–Crippen MR) is 73.1 cm³/mol. The number of aromatic nitrogens is 3. The van der Waals surface area contributed by atoms with E-state index in [1.807, 2.05) is 6.92 Å². The average Bonchev–Trinajstić information content (AvgIpc) is 2.49. The minimum atomic E-state index is -1.03. The third kappa shape index (κ3) is 3.72. The highest BCUT2D eigenvalue weighted by Gasteiger charge is 2.11. The van der Waals surface area contributed by atoms with Crippen molar-refractivity contribution in [3.05, 3.63) is 29.8 Å². The van der Waals surface area contributed by atoms with Gasteiger partial charge in [0.25, 0.3) is 0 Å². The smallest absolute Gasteiger partial charge is 0.323 e. The summed E-state index contributed by atoms with van der Waals surface area (Å²) >= 11 is 0. The number of nitrogens with zero attached hydrogens (tertiary/aromatic N) is 3. The lowest BCUT2D eigenvalue weighted by Gasteiger charge is -2.09. The van der Waals surface area contributed by atoms with Gasteiger partial charge in [0.1, 0.15) is 0 Å². The molecule has 21 heavy (non-hydrogen) atoms. The van der Waals surface area contributed by atoms with E-state index < -0.39 is 11.6 Å². The molecule has 0 saturated heterocycles. The molecule has 0 aliphatic heterocycles. The van der Waals surface area contributed by atoms with Crippen LogP contribution in [0.1, 0.15) is 13.3 Å². The Labute approximate surface area is 119 Å². The number of hydrogen-bond donors (Lipinski definition) is 3. The van der Waals surface area contributed by atoms with E-state index in [1.165, 1.54) is 12.1 Å². The SMILES string of the molecule is CCCOc1nc(NN)nc(Nc2cccc(F)c2F)n1. The van der Waals surface area contributed by atoms with E-state index in [0.717, 1.165) is 12.5 Å². The van der Waals surface area contributed by atoms with Gasteiger partial charge >= 0.3 is 6.01 Å². The van der Waals surface area contributed by atoms with Crippen molar-refractivity contribution in [3.8, 4) is 6.01 Å². The molecule has 0 bridgehead atoms. The standard InChI is InChI=1S/C12H14F2N6O/c1-2-6-21-12-18-10(17-11(19-12)20-15)16-8-5-3-4-7(13)9(8)14/h3-5H,2,6,15H2,1H3,(H2,16,17,18,19,20). The first kappa shape index (κ1) is 14.9. The maximum atomic E-state index is 13.6. The fourth-order valence-corrected chi connectivity index (χ4v) is 1.46. The highest BCUT2D eigenvalue weighted by molar-refractivity contribution is 5.55. The molecule has 2 aromatic rings. The normalized spacial score (nSPS) is 10.3. The predicted octanol–water partition coefficient (Wildman–Crippen LogP) is 1.97. The van der Waals surface area contributed by atoms with Crippen molar-refractivity contribution >= 4 is 17.6 Å². The molecule has 0 atom stereocenters. The second-order valence-corrected chi connectivity index (χ2v) is 3.98. The van der Waals surface area contributed by atoms with Crippen LogP contribution < -0.4 is 21.3 Å². The molecule has 2 rings (SSSR count). The van der Waals surface area contributed by atoms with Gasteiger partial charge in [-0.15, -0.1) is 0 Å². The van der Waals surface area contributed by atoms with Crippen LogP contribution >= 0.6 is 0 Å². The van der Waals surface area contributed by atoms with E-state index in [9.17, 15) is 8.78 Å². The quantitative estimate of drug-likeness (QED) is 0.553. The minimum absolute atomic E-state index is 0.0199. The first-order chi connectivity index (χ1) is 10.1. The molecule has 0 saturated carbocycles. The number of benzene rings is 1. The maximum absolute atomic E-state index is 13.6. The number of rotatable bonds is 6. The molecule has 0 unspecified atom stereocenters. The number of ether oxygens (including phenoxy) is 1. The van der Waals surface area contributed by atoms with Gasteiger partial charge in [0.2, 0.25) is 11.9 Å². The summed E-state index contributed by atoms with van der Waals surface area (Å²) in [5.74, 6) is 3.25. The number of nitrogens with one attached hydrogen (secondary N) is 2. The molecule has 0 spiro atoms. The van der Waals surface area contributed by atoms with E-state index in [4.69, 9.17) is 10.6 Å². The zero-order valence-electron chi connectivity index (χ0n) is 11.2. The van der Waals surface area contributed by atoms with Crippen LogP contribution in [-0.2, 0) is 0 Å². The number of anilines is 3. The lowest BCUT2D eigenvalue weighted by Crippen LogP contribution is -2.14. The fourth-order valence-electron chi connectivity index (χ4n) is 1.46. The largest absolute Gasteiger partial charge is 0.463 e. The van der Waals surface area contributed by atoms with Crippen molar-refractivity contribution in [1.29, 1.82) is 0 Å². The van der Waals surface area contributed by atoms with Gasteiger partial charge in [-0.2, -0.15) is 15.0 Å². The molecule has 1 heterocycles. The number of hydrazine groups is 1. The third-order valence-electron chi connectivity index (χ3n) is 2.38. The topological polar surface area (TPSA) is 98.0 Å². The molecule has 0 aliphatic rings. The van der Waals surface area contributed by atoms with Crippen molar-refractivity contribution < 1.29 is 13.5 Å². The zero-order valence-corrected chi connectivity index (χ0v) is 11.2. The summed E-state index contributed by atoms with van der Waals surface area (Å²) in [5, 5.41) is 2.55. The molecular weight excluding hydrogens is 282 g/mol. The molecule has 112 valence electrons. The van der Waals surface area contributed by atoms with Crippen LogP contribution in [0.5, 0.6) is 6.01 Å². The molecular formula is C12H14F2N6O.